The van der Waals surface area contributed by atoms with Crippen molar-refractivity contribution in [2.24, 2.45) is 0 Å². The lowest BCUT2D eigenvalue weighted by molar-refractivity contribution is -0.128. The summed E-state index contributed by atoms with van der Waals surface area (Å²) in [5, 5.41) is 7.52. The number of hydrogen-bond donors (Lipinski definition) is 1. The van der Waals surface area contributed by atoms with E-state index >= 15 is 0 Å². The molecule has 2 amide bonds. The molecule has 0 saturated carbocycles. The van der Waals surface area contributed by atoms with Crippen LogP contribution in [0.2, 0.25) is 0 Å². The van der Waals surface area contributed by atoms with Gasteiger partial charge >= 0.3 is 0 Å². The topological polar surface area (TPSA) is 67.2 Å². The second-order valence-corrected chi connectivity index (χ2v) is 6.78. The minimum Gasteiger partial charge on any atom is -0.351 e. The van der Waals surface area contributed by atoms with Gasteiger partial charge in [0.25, 0.3) is 5.91 Å². The second kappa shape index (κ2) is 8.52. The van der Waals surface area contributed by atoms with Gasteiger partial charge < -0.3 is 10.2 Å². The van der Waals surface area contributed by atoms with E-state index in [4.69, 9.17) is 0 Å². The van der Waals surface area contributed by atoms with Gasteiger partial charge in [0.15, 0.2) is 0 Å². The minimum atomic E-state index is -0.244. The lowest BCUT2D eigenvalue weighted by atomic mass is 10.0. The van der Waals surface area contributed by atoms with E-state index in [1.54, 1.807) is 25.0 Å². The van der Waals surface area contributed by atoms with Crippen molar-refractivity contribution >= 4 is 11.8 Å². The number of benzene rings is 2. The molecule has 3 aromatic rings. The monoisotopic (exact) mass is 376 g/mol. The van der Waals surface area contributed by atoms with E-state index in [0.29, 0.717) is 11.3 Å². The Morgan fingerprint density at radius 2 is 1.71 bits per heavy atom. The van der Waals surface area contributed by atoms with Crippen molar-refractivity contribution in [3.8, 4) is 16.9 Å². The molecule has 0 spiro atoms. The zero-order valence-corrected chi connectivity index (χ0v) is 16.3. The number of nitrogens with zero attached hydrogens (tertiary/aromatic N) is 3. The van der Waals surface area contributed by atoms with E-state index in [1.807, 2.05) is 61.5 Å². The largest absolute Gasteiger partial charge is 0.351 e. The van der Waals surface area contributed by atoms with Gasteiger partial charge in [0.05, 0.1) is 11.3 Å². The van der Waals surface area contributed by atoms with E-state index < -0.39 is 0 Å². The highest BCUT2D eigenvalue weighted by atomic mass is 16.2. The fraction of sp³-hybridized carbons (Fsp3) is 0.227. The molecule has 0 aliphatic carbocycles. The average Bonchev–Trinajstić information content (AvgIpc) is 3.14. The number of carbonyl (C=O) groups is 2. The van der Waals surface area contributed by atoms with Gasteiger partial charge in [-0.15, -0.1) is 0 Å². The molecule has 2 aromatic carbocycles. The Balaban J connectivity index is 1.92. The van der Waals surface area contributed by atoms with Crippen LogP contribution in [-0.2, 0) is 4.79 Å². The van der Waals surface area contributed by atoms with Crippen LogP contribution in [0.4, 0.5) is 0 Å². The van der Waals surface area contributed by atoms with E-state index in [1.165, 1.54) is 4.90 Å². The Hall–Kier alpha value is -3.41. The molecule has 0 bridgehead atoms. The van der Waals surface area contributed by atoms with Crippen molar-refractivity contribution in [3.05, 3.63) is 71.9 Å². The fourth-order valence-electron chi connectivity index (χ4n) is 2.89. The van der Waals surface area contributed by atoms with Crippen molar-refractivity contribution in [3.63, 3.8) is 0 Å². The molecule has 6 heteroatoms. The van der Waals surface area contributed by atoms with Crippen molar-refractivity contribution in [1.29, 1.82) is 0 Å². The number of aromatic nitrogens is 2. The van der Waals surface area contributed by atoms with Gasteiger partial charge in [0.2, 0.25) is 5.91 Å². The minimum absolute atomic E-state index is 0.0283. The summed E-state index contributed by atoms with van der Waals surface area (Å²) in [6.07, 6.45) is 1.99. The maximum atomic E-state index is 12.9. The molecule has 0 saturated heterocycles. The van der Waals surface area contributed by atoms with Crippen molar-refractivity contribution in [2.45, 2.75) is 13.3 Å². The highest BCUT2D eigenvalue weighted by Crippen LogP contribution is 2.26. The molecule has 0 radical (unpaired) electrons. The third-order valence-corrected chi connectivity index (χ3v) is 4.50. The molecule has 1 N–H and O–H groups in total. The molecule has 1 heterocycles. The summed E-state index contributed by atoms with van der Waals surface area (Å²) in [5.74, 6) is -0.272. The first-order valence-corrected chi connectivity index (χ1v) is 9.17. The van der Waals surface area contributed by atoms with Crippen molar-refractivity contribution in [1.82, 2.24) is 20.0 Å². The summed E-state index contributed by atoms with van der Waals surface area (Å²) in [4.78, 5) is 26.1. The molecule has 144 valence electrons. The highest BCUT2D eigenvalue weighted by Gasteiger charge is 2.20. The van der Waals surface area contributed by atoms with Gasteiger partial charge in [0.1, 0.15) is 5.69 Å². The van der Waals surface area contributed by atoms with Gasteiger partial charge in [-0.2, -0.15) is 5.10 Å². The number of rotatable bonds is 6. The molecule has 0 aliphatic rings. The SMILES string of the molecule is Cc1ccccc1-c1nn(-c2ccccc2)cc1C(=O)NCCC(=O)N(C)C. The smallest absolute Gasteiger partial charge is 0.255 e. The molecule has 0 atom stereocenters. The lowest BCUT2D eigenvalue weighted by Crippen LogP contribution is -2.30. The molecule has 0 aliphatic heterocycles. The van der Waals surface area contributed by atoms with Crippen molar-refractivity contribution < 1.29 is 9.59 Å². The molecule has 0 fully saturated rings. The zero-order chi connectivity index (χ0) is 20.1. The van der Waals surface area contributed by atoms with Gasteiger partial charge in [-0.3, -0.25) is 9.59 Å². The number of amides is 2. The molecular formula is C22H24N4O2. The Kier molecular flexibility index (Phi) is 5.89. The summed E-state index contributed by atoms with van der Waals surface area (Å²) in [6, 6.07) is 17.5. The van der Waals surface area contributed by atoms with E-state index in [-0.39, 0.29) is 24.8 Å². The Bertz CT molecular complexity index is 977. The average molecular weight is 376 g/mol. The normalized spacial score (nSPS) is 10.5. The lowest BCUT2D eigenvalue weighted by Gasteiger charge is -2.10. The summed E-state index contributed by atoms with van der Waals surface area (Å²) in [6.45, 7) is 2.27. The third kappa shape index (κ3) is 4.28. The number of carbonyl (C=O) groups excluding carboxylic acids is 2. The van der Waals surface area contributed by atoms with Crippen LogP contribution in [0.15, 0.2) is 60.8 Å². The van der Waals surface area contributed by atoms with Crippen LogP contribution >= 0.6 is 0 Å². The summed E-state index contributed by atoms with van der Waals surface area (Å²) in [7, 11) is 3.40. The van der Waals surface area contributed by atoms with Crippen LogP contribution in [0.5, 0.6) is 0 Å². The molecular weight excluding hydrogens is 352 g/mol. The first kappa shape index (κ1) is 19.4. The number of aryl methyl sites for hydroxylation is 1. The Morgan fingerprint density at radius 3 is 2.39 bits per heavy atom. The molecule has 0 unspecified atom stereocenters. The second-order valence-electron chi connectivity index (χ2n) is 6.78. The van der Waals surface area contributed by atoms with Gasteiger partial charge in [-0.1, -0.05) is 42.5 Å². The first-order chi connectivity index (χ1) is 13.5. The predicted octanol–water partition coefficient (Wildman–Crippen LogP) is 3.06. The van der Waals surface area contributed by atoms with Crippen LogP contribution in [0.25, 0.3) is 16.9 Å². The first-order valence-electron chi connectivity index (χ1n) is 9.17. The number of hydrogen-bond acceptors (Lipinski definition) is 3. The van der Waals surface area contributed by atoms with Crippen LogP contribution in [-0.4, -0.2) is 47.1 Å². The van der Waals surface area contributed by atoms with Gasteiger partial charge in [-0.05, 0) is 24.6 Å². The van der Waals surface area contributed by atoms with Crippen LogP contribution in [0.3, 0.4) is 0 Å². The molecule has 6 nitrogen and oxygen atoms in total. The van der Waals surface area contributed by atoms with Crippen LogP contribution in [0.1, 0.15) is 22.3 Å². The molecule has 1 aromatic heterocycles. The van der Waals surface area contributed by atoms with Crippen LogP contribution in [0, 0.1) is 6.92 Å². The quantitative estimate of drug-likeness (QED) is 0.719. The fourth-order valence-corrected chi connectivity index (χ4v) is 2.89. The maximum absolute atomic E-state index is 12.9. The van der Waals surface area contributed by atoms with Crippen LogP contribution < -0.4 is 5.32 Å². The Morgan fingerprint density at radius 1 is 1.04 bits per heavy atom. The standard InChI is InChI=1S/C22H24N4O2/c1-16-9-7-8-12-18(16)21-19(22(28)23-14-13-20(27)25(2)3)15-26(24-21)17-10-5-4-6-11-17/h4-12,15H,13-14H2,1-3H3,(H,23,28). The van der Waals surface area contributed by atoms with E-state index in [9.17, 15) is 9.59 Å². The third-order valence-electron chi connectivity index (χ3n) is 4.50. The van der Waals surface area contributed by atoms with E-state index in [2.05, 4.69) is 10.4 Å². The maximum Gasteiger partial charge on any atom is 0.255 e. The number of nitrogens with one attached hydrogen (secondary N) is 1. The van der Waals surface area contributed by atoms with Crippen molar-refractivity contribution in [2.75, 3.05) is 20.6 Å². The Labute approximate surface area is 164 Å². The van der Waals surface area contributed by atoms with Gasteiger partial charge in [-0.25, -0.2) is 4.68 Å². The highest BCUT2D eigenvalue weighted by molar-refractivity contribution is 6.00. The van der Waals surface area contributed by atoms with Gasteiger partial charge in [0, 0.05) is 38.8 Å². The summed E-state index contributed by atoms with van der Waals surface area (Å²) in [5.41, 5.74) is 3.93. The van der Waals surface area contributed by atoms with E-state index in [0.717, 1.165) is 16.8 Å². The summed E-state index contributed by atoms with van der Waals surface area (Å²) < 4.78 is 1.71. The molecule has 28 heavy (non-hydrogen) atoms. The predicted molar refractivity (Wildman–Crippen MR) is 109 cm³/mol. The number of para-hydroxylation sites is 1. The molecule has 3 rings (SSSR count). The summed E-state index contributed by atoms with van der Waals surface area (Å²) >= 11 is 0. The zero-order valence-electron chi connectivity index (χ0n) is 16.3.